The highest BCUT2D eigenvalue weighted by atomic mass is 35.5. The van der Waals surface area contributed by atoms with Crippen molar-refractivity contribution in [1.29, 1.82) is 0 Å². The van der Waals surface area contributed by atoms with Crippen molar-refractivity contribution in [3.8, 4) is 0 Å². The van der Waals surface area contributed by atoms with Crippen LogP contribution in [-0.4, -0.2) is 30.3 Å². The zero-order chi connectivity index (χ0) is 9.56. The van der Waals surface area contributed by atoms with Gasteiger partial charge in [0.2, 0.25) is 5.91 Å². The third kappa shape index (κ3) is 4.60. The number of carbonyl (C=O) groups excluding carboxylic acids is 1. The molecule has 0 rings (SSSR count). The van der Waals surface area contributed by atoms with E-state index in [4.69, 9.17) is 11.6 Å². The topological polar surface area (TPSA) is 20.3 Å². The van der Waals surface area contributed by atoms with Gasteiger partial charge in [0.15, 0.2) is 0 Å². The van der Waals surface area contributed by atoms with Gasteiger partial charge < -0.3 is 4.90 Å². The largest absolute Gasteiger partial charge is 0.345 e. The van der Waals surface area contributed by atoms with Gasteiger partial charge in [-0.2, -0.15) is 0 Å². The molecule has 0 fully saturated rings. The molecule has 12 heavy (non-hydrogen) atoms. The van der Waals surface area contributed by atoms with E-state index in [1.807, 2.05) is 7.05 Å². The van der Waals surface area contributed by atoms with E-state index in [1.165, 1.54) is 0 Å². The quantitative estimate of drug-likeness (QED) is 0.610. The molecule has 0 saturated carbocycles. The molecular weight excluding hydrogens is 174 g/mol. The maximum Gasteiger partial charge on any atom is 0.223 e. The number of hydrogen-bond acceptors (Lipinski definition) is 1. The molecule has 0 aromatic rings. The second-order valence-electron chi connectivity index (χ2n) is 3.23. The lowest BCUT2D eigenvalue weighted by molar-refractivity contribution is -0.129. The number of halogens is 1. The van der Waals surface area contributed by atoms with Crippen LogP contribution in [0.5, 0.6) is 0 Å². The van der Waals surface area contributed by atoms with Crippen molar-refractivity contribution in [1.82, 2.24) is 4.90 Å². The van der Waals surface area contributed by atoms with Crippen LogP contribution in [0.15, 0.2) is 0 Å². The van der Waals surface area contributed by atoms with E-state index in [1.54, 1.807) is 4.90 Å². The Morgan fingerprint density at radius 1 is 1.58 bits per heavy atom. The lowest BCUT2D eigenvalue weighted by Gasteiger charge is -2.20. The van der Waals surface area contributed by atoms with Crippen LogP contribution in [0, 0.1) is 5.92 Å². The summed E-state index contributed by atoms with van der Waals surface area (Å²) in [5.41, 5.74) is 0. The van der Waals surface area contributed by atoms with Crippen LogP contribution in [0.25, 0.3) is 0 Å². The van der Waals surface area contributed by atoms with Crippen LogP contribution >= 0.6 is 11.6 Å². The smallest absolute Gasteiger partial charge is 0.223 e. The van der Waals surface area contributed by atoms with Crippen LogP contribution in [0.2, 0.25) is 0 Å². The average molecular weight is 192 g/mol. The summed E-state index contributed by atoms with van der Waals surface area (Å²) in [6.45, 7) is 5.11. The molecule has 0 aromatic heterocycles. The van der Waals surface area contributed by atoms with Gasteiger partial charge in [-0.15, -0.1) is 11.6 Å². The Balaban J connectivity index is 3.70. The molecule has 0 spiro atoms. The van der Waals surface area contributed by atoms with Gasteiger partial charge in [0.1, 0.15) is 0 Å². The molecule has 0 aliphatic carbocycles. The number of rotatable bonds is 5. The van der Waals surface area contributed by atoms with Gasteiger partial charge in [-0.1, -0.05) is 20.3 Å². The Kier molecular flexibility index (Phi) is 6.17. The molecule has 0 aliphatic rings. The van der Waals surface area contributed by atoms with Gasteiger partial charge in [0.25, 0.3) is 0 Å². The number of alkyl halides is 1. The van der Waals surface area contributed by atoms with Crippen molar-refractivity contribution in [2.45, 2.75) is 26.7 Å². The van der Waals surface area contributed by atoms with E-state index in [0.29, 0.717) is 18.2 Å². The molecule has 1 amide bonds. The minimum absolute atomic E-state index is 0.144. The highest BCUT2D eigenvalue weighted by Crippen LogP contribution is 2.03. The van der Waals surface area contributed by atoms with Crippen molar-refractivity contribution >= 4 is 17.5 Å². The molecule has 0 aliphatic heterocycles. The van der Waals surface area contributed by atoms with Crippen molar-refractivity contribution < 1.29 is 4.79 Å². The third-order valence-corrected chi connectivity index (χ3v) is 2.21. The zero-order valence-corrected chi connectivity index (χ0v) is 8.90. The summed E-state index contributed by atoms with van der Waals surface area (Å²) < 4.78 is 0. The van der Waals surface area contributed by atoms with E-state index < -0.39 is 0 Å². The van der Waals surface area contributed by atoms with Gasteiger partial charge in [-0.05, 0) is 5.92 Å². The van der Waals surface area contributed by atoms with Crippen LogP contribution < -0.4 is 0 Å². The number of hydrogen-bond donors (Lipinski definition) is 0. The third-order valence-electron chi connectivity index (χ3n) is 2.02. The summed E-state index contributed by atoms with van der Waals surface area (Å²) >= 11 is 5.46. The van der Waals surface area contributed by atoms with Crippen molar-refractivity contribution in [3.05, 3.63) is 0 Å². The molecule has 3 heteroatoms. The van der Waals surface area contributed by atoms with Gasteiger partial charge in [-0.25, -0.2) is 0 Å². The summed E-state index contributed by atoms with van der Waals surface area (Å²) in [5.74, 6) is 1.14. The van der Waals surface area contributed by atoms with E-state index in [9.17, 15) is 4.79 Å². The fourth-order valence-corrected chi connectivity index (χ4v) is 1.13. The predicted molar refractivity (Wildman–Crippen MR) is 52.4 cm³/mol. The van der Waals surface area contributed by atoms with Crippen LogP contribution in [0.1, 0.15) is 26.7 Å². The summed E-state index contributed by atoms with van der Waals surface area (Å²) in [6.07, 6.45) is 1.56. The zero-order valence-electron chi connectivity index (χ0n) is 8.14. The van der Waals surface area contributed by atoms with E-state index in [0.717, 1.165) is 13.0 Å². The molecule has 0 bridgehead atoms. The fourth-order valence-electron chi connectivity index (χ4n) is 0.970. The molecule has 0 heterocycles. The van der Waals surface area contributed by atoms with Gasteiger partial charge in [0, 0.05) is 25.9 Å². The first-order valence-corrected chi connectivity index (χ1v) is 4.95. The molecule has 72 valence electrons. The summed E-state index contributed by atoms with van der Waals surface area (Å²) in [6, 6.07) is 0. The van der Waals surface area contributed by atoms with Gasteiger partial charge >= 0.3 is 0 Å². The molecule has 1 unspecified atom stereocenters. The maximum absolute atomic E-state index is 11.2. The van der Waals surface area contributed by atoms with Crippen LogP contribution in [0.3, 0.4) is 0 Å². The second-order valence-corrected chi connectivity index (χ2v) is 3.60. The lowest BCUT2D eigenvalue weighted by atomic mass is 10.1. The SMILES string of the molecule is CCC(C)CN(C)C(=O)CCCl. The minimum atomic E-state index is 0.144. The monoisotopic (exact) mass is 191 g/mol. The molecule has 2 nitrogen and oxygen atoms in total. The maximum atomic E-state index is 11.2. The van der Waals surface area contributed by atoms with Gasteiger partial charge in [-0.3, -0.25) is 4.79 Å². The lowest BCUT2D eigenvalue weighted by Crippen LogP contribution is -2.30. The summed E-state index contributed by atoms with van der Waals surface area (Å²) in [4.78, 5) is 13.0. The highest BCUT2D eigenvalue weighted by Gasteiger charge is 2.09. The number of amides is 1. The Hall–Kier alpha value is -0.240. The first kappa shape index (κ1) is 11.8. The van der Waals surface area contributed by atoms with Crippen molar-refractivity contribution in [2.75, 3.05) is 19.5 Å². The van der Waals surface area contributed by atoms with Crippen molar-refractivity contribution in [2.24, 2.45) is 5.92 Å². The second kappa shape index (κ2) is 6.30. The summed E-state index contributed by atoms with van der Waals surface area (Å²) in [5, 5.41) is 0. The predicted octanol–water partition coefficient (Wildman–Crippen LogP) is 2.12. The van der Waals surface area contributed by atoms with Crippen LogP contribution in [-0.2, 0) is 4.79 Å². The first-order valence-electron chi connectivity index (χ1n) is 4.41. The Morgan fingerprint density at radius 3 is 2.58 bits per heavy atom. The van der Waals surface area contributed by atoms with E-state index >= 15 is 0 Å². The minimum Gasteiger partial charge on any atom is -0.345 e. The van der Waals surface area contributed by atoms with E-state index in [2.05, 4.69) is 13.8 Å². The Bertz CT molecular complexity index is 138. The molecule has 0 N–H and O–H groups in total. The molecule has 0 saturated heterocycles. The number of nitrogens with zero attached hydrogens (tertiary/aromatic N) is 1. The van der Waals surface area contributed by atoms with E-state index in [-0.39, 0.29) is 5.91 Å². The van der Waals surface area contributed by atoms with Gasteiger partial charge in [0.05, 0.1) is 0 Å². The molecule has 0 aromatic carbocycles. The highest BCUT2D eigenvalue weighted by molar-refractivity contribution is 6.18. The normalized spacial score (nSPS) is 12.7. The van der Waals surface area contributed by atoms with Crippen LogP contribution in [0.4, 0.5) is 0 Å². The van der Waals surface area contributed by atoms with Crippen molar-refractivity contribution in [3.63, 3.8) is 0 Å². The average Bonchev–Trinajstić information content (AvgIpc) is 2.04. The fraction of sp³-hybridized carbons (Fsp3) is 0.889. The standard InChI is InChI=1S/C9H18ClNO/c1-4-8(2)7-11(3)9(12)5-6-10/h8H,4-7H2,1-3H3. The molecule has 1 atom stereocenters. The summed E-state index contributed by atoms with van der Waals surface area (Å²) in [7, 11) is 1.83. The number of carbonyl (C=O) groups is 1. The molecule has 0 radical (unpaired) electrons. The molecular formula is C9H18ClNO. The first-order chi connectivity index (χ1) is 5.61. The Labute approximate surface area is 79.9 Å². The Morgan fingerprint density at radius 2 is 2.17 bits per heavy atom.